The maximum atomic E-state index is 12.2. The maximum Gasteiger partial charge on any atom is 0.336 e. The van der Waals surface area contributed by atoms with Gasteiger partial charge in [-0.2, -0.15) is 0 Å². The summed E-state index contributed by atoms with van der Waals surface area (Å²) in [5, 5.41) is 10.8. The number of benzene rings is 3. The summed E-state index contributed by atoms with van der Waals surface area (Å²) in [4.78, 5) is 22.5. The predicted octanol–water partition coefficient (Wildman–Crippen LogP) is 5.39. The van der Waals surface area contributed by atoms with Crippen LogP contribution in [0.1, 0.15) is 16.7 Å². The number of nitrogens with zero attached hydrogens (tertiary/aromatic N) is 1. The summed E-state index contributed by atoms with van der Waals surface area (Å²) >= 11 is 0. The van der Waals surface area contributed by atoms with Crippen molar-refractivity contribution in [2.75, 3.05) is 7.11 Å². The molecule has 0 radical (unpaired) electrons. The minimum Gasteiger partial charge on any atom is -0.493 e. The molecule has 0 N–H and O–H groups in total. The lowest BCUT2D eigenvalue weighted by Crippen LogP contribution is -2.05. The van der Waals surface area contributed by atoms with Crippen LogP contribution in [0.15, 0.2) is 78.9 Å². The highest BCUT2D eigenvalue weighted by Crippen LogP contribution is 2.29. The molecule has 0 amide bonds. The summed E-state index contributed by atoms with van der Waals surface area (Å²) in [5.41, 5.74) is 2.43. The third kappa shape index (κ3) is 5.65. The van der Waals surface area contributed by atoms with E-state index in [0.29, 0.717) is 11.3 Å². The largest absolute Gasteiger partial charge is 0.493 e. The Kier molecular flexibility index (Phi) is 6.74. The third-order valence-corrected chi connectivity index (χ3v) is 4.16. The van der Waals surface area contributed by atoms with Gasteiger partial charge >= 0.3 is 5.97 Å². The van der Waals surface area contributed by atoms with E-state index < -0.39 is 10.9 Å². The number of hydrogen-bond acceptors (Lipinski definition) is 5. The Labute approximate surface area is 173 Å². The van der Waals surface area contributed by atoms with Gasteiger partial charge in [0.2, 0.25) is 0 Å². The Balaban J connectivity index is 1.69. The normalized spacial score (nSPS) is 11.0. The van der Waals surface area contributed by atoms with E-state index in [0.717, 1.165) is 11.1 Å². The fourth-order valence-corrected chi connectivity index (χ4v) is 2.68. The molecule has 0 aromatic heterocycles. The van der Waals surface area contributed by atoms with Crippen LogP contribution in [0.5, 0.6) is 11.5 Å². The van der Waals surface area contributed by atoms with E-state index in [9.17, 15) is 14.9 Å². The van der Waals surface area contributed by atoms with Gasteiger partial charge in [0.05, 0.1) is 12.0 Å². The highest BCUT2D eigenvalue weighted by molar-refractivity contribution is 5.89. The Morgan fingerprint density at radius 3 is 2.27 bits per heavy atom. The number of carbonyl (C=O) groups is 1. The first-order chi connectivity index (χ1) is 14.5. The second kappa shape index (κ2) is 9.84. The van der Waals surface area contributed by atoms with E-state index in [1.54, 1.807) is 24.3 Å². The average Bonchev–Trinajstić information content (AvgIpc) is 2.78. The SMILES string of the molecule is COc1cc(/C=C/c2ccccc2)ccc1OC(=O)/C=C/c1cccc([N+](=O)[O-])c1. The highest BCUT2D eigenvalue weighted by Gasteiger charge is 2.09. The van der Waals surface area contributed by atoms with Crippen molar-refractivity contribution in [1.82, 2.24) is 0 Å². The Morgan fingerprint density at radius 1 is 0.833 bits per heavy atom. The lowest BCUT2D eigenvalue weighted by Gasteiger charge is -2.08. The van der Waals surface area contributed by atoms with Crippen molar-refractivity contribution in [3.63, 3.8) is 0 Å². The molecule has 0 aliphatic carbocycles. The smallest absolute Gasteiger partial charge is 0.336 e. The predicted molar refractivity (Wildman–Crippen MR) is 116 cm³/mol. The fourth-order valence-electron chi connectivity index (χ4n) is 2.68. The molecule has 6 nitrogen and oxygen atoms in total. The quantitative estimate of drug-likeness (QED) is 0.132. The van der Waals surface area contributed by atoms with Crippen molar-refractivity contribution in [1.29, 1.82) is 0 Å². The number of rotatable bonds is 7. The summed E-state index contributed by atoms with van der Waals surface area (Å²) in [6.45, 7) is 0. The molecule has 3 rings (SSSR count). The molecule has 0 bridgehead atoms. The van der Waals surface area contributed by atoms with Gasteiger partial charge in [-0.3, -0.25) is 10.1 Å². The highest BCUT2D eigenvalue weighted by atomic mass is 16.6. The van der Waals surface area contributed by atoms with Crippen molar-refractivity contribution in [3.05, 3.63) is 106 Å². The monoisotopic (exact) mass is 401 g/mol. The van der Waals surface area contributed by atoms with Crippen LogP contribution in [-0.2, 0) is 4.79 Å². The number of nitro benzene ring substituents is 1. The Bertz CT molecular complexity index is 1100. The standard InChI is InChI=1S/C24H19NO5/c1-29-23-17-20(11-10-18-6-3-2-4-7-18)12-14-22(23)30-24(26)15-13-19-8-5-9-21(16-19)25(27)28/h2-17H,1H3/b11-10+,15-13+. The van der Waals surface area contributed by atoms with E-state index in [2.05, 4.69) is 0 Å². The van der Waals surface area contributed by atoms with Gasteiger partial charge in [-0.1, -0.05) is 60.7 Å². The van der Waals surface area contributed by atoms with Gasteiger partial charge in [0.25, 0.3) is 5.69 Å². The molecule has 0 spiro atoms. The second-order valence-electron chi connectivity index (χ2n) is 6.26. The van der Waals surface area contributed by atoms with Crippen molar-refractivity contribution in [3.8, 4) is 11.5 Å². The fraction of sp³-hybridized carbons (Fsp3) is 0.0417. The van der Waals surface area contributed by atoms with Crippen molar-refractivity contribution >= 4 is 29.9 Å². The van der Waals surface area contributed by atoms with Gasteiger partial charge in [-0.15, -0.1) is 0 Å². The summed E-state index contributed by atoms with van der Waals surface area (Å²) in [7, 11) is 1.50. The molecule has 0 saturated heterocycles. The maximum absolute atomic E-state index is 12.2. The molecule has 0 atom stereocenters. The molecule has 0 fully saturated rings. The number of hydrogen-bond donors (Lipinski definition) is 0. The van der Waals surface area contributed by atoms with Crippen LogP contribution in [0.25, 0.3) is 18.2 Å². The van der Waals surface area contributed by atoms with Crippen LogP contribution in [-0.4, -0.2) is 18.0 Å². The minimum atomic E-state index is -0.618. The van der Waals surface area contributed by atoms with Crippen LogP contribution in [0.3, 0.4) is 0 Å². The van der Waals surface area contributed by atoms with Gasteiger partial charge < -0.3 is 9.47 Å². The number of carbonyl (C=O) groups excluding carboxylic acids is 1. The molecule has 0 unspecified atom stereocenters. The summed E-state index contributed by atoms with van der Waals surface area (Å²) in [6.07, 6.45) is 6.58. The summed E-state index contributed by atoms with van der Waals surface area (Å²) in [6, 6.07) is 21.1. The van der Waals surface area contributed by atoms with E-state index in [1.165, 1.54) is 31.4 Å². The molecular formula is C24H19NO5. The number of nitro groups is 1. The van der Waals surface area contributed by atoms with E-state index in [1.807, 2.05) is 48.6 Å². The van der Waals surface area contributed by atoms with Gasteiger partial charge in [0, 0.05) is 18.2 Å². The molecule has 0 aliphatic rings. The van der Waals surface area contributed by atoms with Crippen LogP contribution in [0.4, 0.5) is 5.69 Å². The molecule has 150 valence electrons. The number of non-ortho nitro benzene ring substituents is 1. The first-order valence-electron chi connectivity index (χ1n) is 9.10. The van der Waals surface area contributed by atoms with Crippen molar-refractivity contribution in [2.24, 2.45) is 0 Å². The van der Waals surface area contributed by atoms with Crippen LogP contribution >= 0.6 is 0 Å². The first kappa shape index (κ1) is 20.5. The van der Waals surface area contributed by atoms with E-state index in [4.69, 9.17) is 9.47 Å². The van der Waals surface area contributed by atoms with Crippen LogP contribution in [0, 0.1) is 10.1 Å². The molecule has 0 heterocycles. The number of methoxy groups -OCH3 is 1. The van der Waals surface area contributed by atoms with Crippen LogP contribution < -0.4 is 9.47 Å². The average molecular weight is 401 g/mol. The zero-order valence-corrected chi connectivity index (χ0v) is 16.2. The third-order valence-electron chi connectivity index (χ3n) is 4.16. The molecule has 30 heavy (non-hydrogen) atoms. The van der Waals surface area contributed by atoms with Gasteiger partial charge in [-0.25, -0.2) is 4.79 Å². The first-order valence-corrected chi connectivity index (χ1v) is 9.10. The Morgan fingerprint density at radius 2 is 1.53 bits per heavy atom. The van der Waals surface area contributed by atoms with E-state index in [-0.39, 0.29) is 11.4 Å². The second-order valence-corrected chi connectivity index (χ2v) is 6.26. The lowest BCUT2D eigenvalue weighted by molar-refractivity contribution is -0.384. The lowest BCUT2D eigenvalue weighted by atomic mass is 10.1. The van der Waals surface area contributed by atoms with Crippen molar-refractivity contribution in [2.45, 2.75) is 0 Å². The minimum absolute atomic E-state index is 0.0497. The molecular weight excluding hydrogens is 382 g/mol. The molecule has 0 saturated carbocycles. The Hall–Kier alpha value is -4.19. The van der Waals surface area contributed by atoms with Crippen molar-refractivity contribution < 1.29 is 19.2 Å². The zero-order valence-electron chi connectivity index (χ0n) is 16.2. The van der Waals surface area contributed by atoms with Gasteiger partial charge in [-0.05, 0) is 34.9 Å². The van der Waals surface area contributed by atoms with Crippen LogP contribution in [0.2, 0.25) is 0 Å². The molecule has 0 aliphatic heterocycles. The van der Waals surface area contributed by atoms with Gasteiger partial charge in [0.1, 0.15) is 0 Å². The van der Waals surface area contributed by atoms with E-state index >= 15 is 0 Å². The van der Waals surface area contributed by atoms with Gasteiger partial charge in [0.15, 0.2) is 11.5 Å². The number of esters is 1. The zero-order chi connectivity index (χ0) is 21.3. The molecule has 3 aromatic rings. The molecule has 6 heteroatoms. The number of ether oxygens (including phenoxy) is 2. The summed E-state index contributed by atoms with van der Waals surface area (Å²) < 4.78 is 10.7. The topological polar surface area (TPSA) is 78.7 Å². The molecule has 3 aromatic carbocycles. The summed E-state index contributed by atoms with van der Waals surface area (Å²) in [5.74, 6) is 0.0812.